The van der Waals surface area contributed by atoms with Crippen LogP contribution in [0.2, 0.25) is 0 Å². The molecule has 0 radical (unpaired) electrons. The van der Waals surface area contributed by atoms with E-state index in [1.165, 1.54) is 12.8 Å². The number of aryl methyl sites for hydroxylation is 2. The van der Waals surface area contributed by atoms with Crippen molar-refractivity contribution in [3.05, 3.63) is 35.9 Å². The van der Waals surface area contributed by atoms with Gasteiger partial charge in [0.25, 0.3) is 0 Å². The monoisotopic (exact) mass is 272 g/mol. The average Bonchev–Trinajstić information content (AvgIpc) is 3.16. The molecule has 0 atom stereocenters. The molecule has 5 heteroatoms. The molecule has 2 aromatic heterocycles. The quantitative estimate of drug-likeness (QED) is 0.878. The third-order valence-corrected chi connectivity index (χ3v) is 3.40. The highest BCUT2D eigenvalue weighted by molar-refractivity contribution is 5.36. The second kappa shape index (κ2) is 5.63. The van der Waals surface area contributed by atoms with Gasteiger partial charge in [0.05, 0.1) is 12.4 Å². The molecular formula is C15H20N4O. The molecule has 2 heterocycles. The van der Waals surface area contributed by atoms with E-state index in [1.54, 1.807) is 6.20 Å². The lowest BCUT2D eigenvalue weighted by Gasteiger charge is -2.11. The van der Waals surface area contributed by atoms with Crippen molar-refractivity contribution in [2.45, 2.75) is 45.8 Å². The molecule has 1 fully saturated rings. The molecule has 2 aromatic rings. The first-order valence-corrected chi connectivity index (χ1v) is 7.14. The Kier molecular flexibility index (Phi) is 3.69. The van der Waals surface area contributed by atoms with Crippen LogP contribution in [0.5, 0.6) is 11.5 Å². The van der Waals surface area contributed by atoms with E-state index in [9.17, 15) is 0 Å². The van der Waals surface area contributed by atoms with E-state index in [0.717, 1.165) is 35.8 Å². The number of aromatic nitrogens is 3. The molecule has 20 heavy (non-hydrogen) atoms. The SMILES string of the molecule is CCn1cc(Oc2cc(C)ncc2CNC2CC2)cn1. The third kappa shape index (κ3) is 3.17. The number of pyridine rings is 1. The van der Waals surface area contributed by atoms with Crippen LogP contribution in [0.3, 0.4) is 0 Å². The number of hydrogen-bond donors (Lipinski definition) is 1. The second-order valence-electron chi connectivity index (χ2n) is 5.22. The molecular weight excluding hydrogens is 252 g/mol. The standard InChI is InChI=1S/C15H20N4O/c1-3-19-10-14(9-18-19)20-15-6-11(2)16-7-12(15)8-17-13-4-5-13/h6-7,9-10,13,17H,3-5,8H2,1-2H3. The van der Waals surface area contributed by atoms with Crippen LogP contribution in [0.1, 0.15) is 31.0 Å². The maximum absolute atomic E-state index is 5.96. The number of nitrogens with one attached hydrogen (secondary N) is 1. The van der Waals surface area contributed by atoms with E-state index in [2.05, 4.69) is 22.3 Å². The fraction of sp³-hybridized carbons (Fsp3) is 0.467. The molecule has 0 saturated heterocycles. The second-order valence-corrected chi connectivity index (χ2v) is 5.22. The molecule has 1 aliphatic carbocycles. The van der Waals surface area contributed by atoms with Gasteiger partial charge in [-0.05, 0) is 26.7 Å². The Balaban J connectivity index is 1.76. The Morgan fingerprint density at radius 2 is 2.25 bits per heavy atom. The number of hydrogen-bond acceptors (Lipinski definition) is 4. The molecule has 0 spiro atoms. The summed E-state index contributed by atoms with van der Waals surface area (Å²) in [7, 11) is 0. The molecule has 0 unspecified atom stereocenters. The van der Waals surface area contributed by atoms with E-state index >= 15 is 0 Å². The average molecular weight is 272 g/mol. The van der Waals surface area contributed by atoms with Crippen LogP contribution in [0.4, 0.5) is 0 Å². The minimum atomic E-state index is 0.673. The van der Waals surface area contributed by atoms with Crippen LogP contribution in [0, 0.1) is 6.92 Å². The fourth-order valence-electron chi connectivity index (χ4n) is 2.03. The summed E-state index contributed by atoms with van der Waals surface area (Å²) in [6, 6.07) is 2.65. The van der Waals surface area contributed by atoms with Gasteiger partial charge in [-0.2, -0.15) is 5.10 Å². The summed E-state index contributed by atoms with van der Waals surface area (Å²) in [6.45, 7) is 5.67. The summed E-state index contributed by atoms with van der Waals surface area (Å²) in [5, 5.41) is 7.72. The van der Waals surface area contributed by atoms with Crippen molar-refractivity contribution in [1.82, 2.24) is 20.1 Å². The lowest BCUT2D eigenvalue weighted by molar-refractivity contribution is 0.469. The zero-order valence-corrected chi connectivity index (χ0v) is 12.0. The first-order chi connectivity index (χ1) is 9.74. The molecule has 1 aliphatic rings. The lowest BCUT2D eigenvalue weighted by Crippen LogP contribution is -2.16. The highest BCUT2D eigenvalue weighted by Crippen LogP contribution is 2.26. The van der Waals surface area contributed by atoms with E-state index < -0.39 is 0 Å². The van der Waals surface area contributed by atoms with Gasteiger partial charge in [0, 0.05) is 42.7 Å². The van der Waals surface area contributed by atoms with Gasteiger partial charge >= 0.3 is 0 Å². The first-order valence-electron chi connectivity index (χ1n) is 7.14. The van der Waals surface area contributed by atoms with Crippen LogP contribution in [0.15, 0.2) is 24.7 Å². The van der Waals surface area contributed by atoms with Gasteiger partial charge in [0.2, 0.25) is 0 Å². The van der Waals surface area contributed by atoms with Crippen molar-refractivity contribution in [1.29, 1.82) is 0 Å². The zero-order chi connectivity index (χ0) is 13.9. The van der Waals surface area contributed by atoms with Gasteiger partial charge < -0.3 is 10.1 Å². The molecule has 0 aliphatic heterocycles. The van der Waals surface area contributed by atoms with Crippen molar-refractivity contribution in [3.8, 4) is 11.5 Å². The number of nitrogens with zero attached hydrogens (tertiary/aromatic N) is 3. The van der Waals surface area contributed by atoms with Crippen LogP contribution >= 0.6 is 0 Å². The lowest BCUT2D eigenvalue weighted by atomic mass is 10.2. The summed E-state index contributed by atoms with van der Waals surface area (Å²) in [5.74, 6) is 1.63. The van der Waals surface area contributed by atoms with Gasteiger partial charge in [0.1, 0.15) is 5.75 Å². The van der Waals surface area contributed by atoms with Gasteiger partial charge in [-0.15, -0.1) is 0 Å². The Hall–Kier alpha value is -1.88. The predicted octanol–water partition coefficient (Wildman–Crippen LogP) is 2.65. The Bertz CT molecular complexity index is 589. The van der Waals surface area contributed by atoms with E-state index in [1.807, 2.05) is 30.1 Å². The number of rotatable bonds is 6. The maximum atomic E-state index is 5.96. The largest absolute Gasteiger partial charge is 0.454 e. The smallest absolute Gasteiger partial charge is 0.165 e. The van der Waals surface area contributed by atoms with Crippen molar-refractivity contribution in [2.24, 2.45) is 0 Å². The normalized spacial score (nSPS) is 14.5. The molecule has 1 N–H and O–H groups in total. The summed E-state index contributed by atoms with van der Waals surface area (Å²) >= 11 is 0. The summed E-state index contributed by atoms with van der Waals surface area (Å²) < 4.78 is 7.81. The highest BCUT2D eigenvalue weighted by Gasteiger charge is 2.21. The van der Waals surface area contributed by atoms with Crippen molar-refractivity contribution >= 4 is 0 Å². The molecule has 3 rings (SSSR count). The van der Waals surface area contributed by atoms with Crippen molar-refractivity contribution in [3.63, 3.8) is 0 Å². The minimum Gasteiger partial charge on any atom is -0.454 e. The van der Waals surface area contributed by atoms with E-state index in [-0.39, 0.29) is 0 Å². The minimum absolute atomic E-state index is 0.673. The van der Waals surface area contributed by atoms with Crippen LogP contribution in [-0.4, -0.2) is 20.8 Å². The van der Waals surface area contributed by atoms with Crippen LogP contribution < -0.4 is 10.1 Å². The topological polar surface area (TPSA) is 52.0 Å². The van der Waals surface area contributed by atoms with Gasteiger partial charge in [-0.3, -0.25) is 9.67 Å². The fourth-order valence-corrected chi connectivity index (χ4v) is 2.03. The molecule has 1 saturated carbocycles. The summed E-state index contributed by atoms with van der Waals surface area (Å²) in [4.78, 5) is 4.36. The molecule has 0 bridgehead atoms. The third-order valence-electron chi connectivity index (χ3n) is 3.40. The van der Waals surface area contributed by atoms with Gasteiger partial charge in [-0.1, -0.05) is 0 Å². The van der Waals surface area contributed by atoms with Crippen molar-refractivity contribution in [2.75, 3.05) is 0 Å². The van der Waals surface area contributed by atoms with Gasteiger partial charge in [0.15, 0.2) is 5.75 Å². The molecule has 0 amide bonds. The Morgan fingerprint density at radius 3 is 2.95 bits per heavy atom. The zero-order valence-electron chi connectivity index (χ0n) is 12.0. The summed E-state index contributed by atoms with van der Waals surface area (Å²) in [5.41, 5.74) is 2.05. The predicted molar refractivity (Wildman–Crippen MR) is 76.8 cm³/mol. The first kappa shape index (κ1) is 13.1. The molecule has 5 nitrogen and oxygen atoms in total. The Labute approximate surface area is 119 Å². The maximum Gasteiger partial charge on any atom is 0.165 e. The van der Waals surface area contributed by atoms with E-state index in [4.69, 9.17) is 4.74 Å². The van der Waals surface area contributed by atoms with Crippen LogP contribution in [0.25, 0.3) is 0 Å². The molecule has 0 aromatic carbocycles. The van der Waals surface area contributed by atoms with E-state index in [0.29, 0.717) is 6.04 Å². The number of ether oxygens (including phenoxy) is 1. The summed E-state index contributed by atoms with van der Waals surface area (Å²) in [6.07, 6.45) is 8.10. The van der Waals surface area contributed by atoms with Gasteiger partial charge in [-0.25, -0.2) is 0 Å². The Morgan fingerprint density at radius 1 is 1.40 bits per heavy atom. The van der Waals surface area contributed by atoms with Crippen molar-refractivity contribution < 1.29 is 4.74 Å². The molecule has 106 valence electrons. The highest BCUT2D eigenvalue weighted by atomic mass is 16.5. The van der Waals surface area contributed by atoms with Crippen LogP contribution in [-0.2, 0) is 13.1 Å².